The van der Waals surface area contributed by atoms with Crippen LogP contribution in [-0.2, 0) is 65.4 Å². The van der Waals surface area contributed by atoms with Crippen LogP contribution in [0, 0.1) is 0 Å². The average Bonchev–Trinajstić information content (AvgIpc) is 1.22. The minimum atomic E-state index is -4.97. The topological polar surface area (TPSA) is 237 Å². The number of aliphatic hydroxyl groups is 1. The van der Waals surface area contributed by atoms with Crippen molar-refractivity contribution in [3.63, 3.8) is 0 Å². The van der Waals surface area contributed by atoms with E-state index >= 15 is 0 Å². The summed E-state index contributed by atoms with van der Waals surface area (Å²) in [6, 6.07) is 0. The average molecular weight is 1370 g/mol. The predicted octanol–water partition coefficient (Wildman–Crippen LogP) is 21.1. The van der Waals surface area contributed by atoms with Gasteiger partial charge < -0.3 is 33.8 Å². The third-order valence-corrected chi connectivity index (χ3v) is 17.8. The minimum absolute atomic E-state index is 0.0857. The quantitative estimate of drug-likeness (QED) is 0.0169. The first kappa shape index (κ1) is 90.8. The van der Waals surface area contributed by atoms with Gasteiger partial charge in [0.15, 0.2) is 12.2 Å². The van der Waals surface area contributed by atoms with Gasteiger partial charge in [-0.05, 0) is 109 Å². The standard InChI is InChI=1S/C75H136O17P2/c1-5-9-13-17-21-25-29-32-34-37-41-44-48-52-56-60-73(78)86-66-71(92-75(80)62-58-54-50-46-42-38-35-33-30-26-22-18-14-10-6-2)68-90-94(83,84)88-64-69(76)63-87-93(81,82)89-67-70(91-74(79)61-57-53-49-45-39-28-24-20-16-12-8-4)65-85-72(77)59-55-51-47-43-40-36-31-27-23-19-15-11-7-3/h15,19,21,25,27,31-35,69-71,76H,5-14,16-18,20,22-24,26,28-30,36-68H2,1-4H3,(H,81,82)(H,83,84)/b19-15-,25-21-,31-27-,34-32-,35-33-. The highest BCUT2D eigenvalue weighted by Crippen LogP contribution is 2.45. The van der Waals surface area contributed by atoms with Gasteiger partial charge in [0.1, 0.15) is 19.3 Å². The van der Waals surface area contributed by atoms with Gasteiger partial charge in [0.25, 0.3) is 0 Å². The lowest BCUT2D eigenvalue weighted by molar-refractivity contribution is -0.161. The molecule has 19 heteroatoms. The number of esters is 4. The third-order valence-electron chi connectivity index (χ3n) is 15.9. The highest BCUT2D eigenvalue weighted by Gasteiger charge is 2.30. The summed E-state index contributed by atoms with van der Waals surface area (Å²) in [6.45, 7) is 4.77. The summed E-state index contributed by atoms with van der Waals surface area (Å²) < 4.78 is 68.4. The molecule has 5 unspecified atom stereocenters. The molecule has 0 saturated carbocycles. The molecule has 0 aliphatic carbocycles. The lowest BCUT2D eigenvalue weighted by Gasteiger charge is -2.21. The summed E-state index contributed by atoms with van der Waals surface area (Å²) in [6.07, 6.45) is 65.0. The van der Waals surface area contributed by atoms with Gasteiger partial charge in [-0.1, -0.05) is 262 Å². The summed E-state index contributed by atoms with van der Waals surface area (Å²) >= 11 is 0. The Balaban J connectivity index is 5.32. The van der Waals surface area contributed by atoms with Crippen molar-refractivity contribution >= 4 is 39.5 Å². The lowest BCUT2D eigenvalue weighted by Crippen LogP contribution is -2.30. The molecule has 0 heterocycles. The van der Waals surface area contributed by atoms with E-state index in [2.05, 4.69) is 88.5 Å². The van der Waals surface area contributed by atoms with E-state index in [-0.39, 0.29) is 25.7 Å². The van der Waals surface area contributed by atoms with Gasteiger partial charge in [0.2, 0.25) is 0 Å². The van der Waals surface area contributed by atoms with Crippen molar-refractivity contribution in [1.82, 2.24) is 0 Å². The molecule has 0 amide bonds. The second-order valence-electron chi connectivity index (χ2n) is 25.2. The molecule has 0 aliphatic rings. The van der Waals surface area contributed by atoms with Crippen LogP contribution in [-0.4, -0.2) is 96.7 Å². The van der Waals surface area contributed by atoms with Crippen LogP contribution in [0.1, 0.15) is 336 Å². The van der Waals surface area contributed by atoms with Gasteiger partial charge in [-0.3, -0.25) is 37.3 Å². The van der Waals surface area contributed by atoms with Gasteiger partial charge >= 0.3 is 39.5 Å². The van der Waals surface area contributed by atoms with Crippen LogP contribution in [0.5, 0.6) is 0 Å². The normalized spacial score (nSPS) is 14.3. The summed E-state index contributed by atoms with van der Waals surface area (Å²) in [5.41, 5.74) is 0. The number of unbranched alkanes of at least 4 members (excludes halogenated alkanes) is 35. The Labute approximate surface area is 571 Å². The van der Waals surface area contributed by atoms with Gasteiger partial charge in [0, 0.05) is 25.7 Å². The number of aliphatic hydroxyl groups excluding tert-OH is 1. The molecule has 5 atom stereocenters. The Kier molecular flexibility index (Phi) is 65.9. The number of carbonyl (C=O) groups excluding carboxylic acids is 4. The monoisotopic (exact) mass is 1370 g/mol. The van der Waals surface area contributed by atoms with E-state index in [1.165, 1.54) is 96.3 Å². The van der Waals surface area contributed by atoms with E-state index in [4.69, 9.17) is 37.0 Å². The number of phosphoric ester groups is 2. The van der Waals surface area contributed by atoms with Crippen molar-refractivity contribution < 1.29 is 80.2 Å². The third kappa shape index (κ3) is 67.3. The number of allylic oxidation sites excluding steroid dienone is 10. The molecule has 0 saturated heterocycles. The van der Waals surface area contributed by atoms with Gasteiger partial charge in [-0.15, -0.1) is 0 Å². The maximum Gasteiger partial charge on any atom is 0.472 e. The number of phosphoric acid groups is 2. The highest BCUT2D eigenvalue weighted by molar-refractivity contribution is 7.47. The van der Waals surface area contributed by atoms with Gasteiger partial charge in [-0.2, -0.15) is 0 Å². The van der Waals surface area contributed by atoms with E-state index in [9.17, 15) is 43.2 Å². The number of carbonyl (C=O) groups is 4. The molecule has 0 spiro atoms. The van der Waals surface area contributed by atoms with Crippen molar-refractivity contribution in [3.05, 3.63) is 60.8 Å². The van der Waals surface area contributed by atoms with Crippen LogP contribution in [0.2, 0.25) is 0 Å². The molecule has 94 heavy (non-hydrogen) atoms. The van der Waals surface area contributed by atoms with Crippen LogP contribution in [0.15, 0.2) is 60.8 Å². The van der Waals surface area contributed by atoms with Crippen molar-refractivity contribution in [2.75, 3.05) is 39.6 Å². The molecule has 0 radical (unpaired) electrons. The molecule has 0 aromatic carbocycles. The van der Waals surface area contributed by atoms with E-state index in [0.29, 0.717) is 25.7 Å². The maximum atomic E-state index is 13.1. The smallest absolute Gasteiger partial charge is 0.462 e. The fraction of sp³-hybridized carbons (Fsp3) is 0.813. The second kappa shape index (κ2) is 68.3. The largest absolute Gasteiger partial charge is 0.472 e. The lowest BCUT2D eigenvalue weighted by atomic mass is 10.1. The zero-order valence-electron chi connectivity index (χ0n) is 59.6. The molecule has 0 fully saturated rings. The Morgan fingerprint density at radius 1 is 0.298 bits per heavy atom. The maximum absolute atomic E-state index is 13.1. The Morgan fingerprint density at radius 2 is 0.543 bits per heavy atom. The number of ether oxygens (including phenoxy) is 4. The number of rotatable bonds is 71. The van der Waals surface area contributed by atoms with E-state index < -0.39 is 97.5 Å². The molecule has 0 rings (SSSR count). The summed E-state index contributed by atoms with van der Waals surface area (Å²) in [5.74, 6) is -2.19. The minimum Gasteiger partial charge on any atom is -0.462 e. The van der Waals surface area contributed by atoms with Crippen LogP contribution in [0.3, 0.4) is 0 Å². The van der Waals surface area contributed by atoms with E-state index in [1.54, 1.807) is 0 Å². The molecular weight excluding hydrogens is 1230 g/mol. The first-order valence-electron chi connectivity index (χ1n) is 37.5. The summed E-state index contributed by atoms with van der Waals surface area (Å²) in [4.78, 5) is 72.7. The van der Waals surface area contributed by atoms with Gasteiger partial charge in [-0.25, -0.2) is 9.13 Å². The van der Waals surface area contributed by atoms with E-state index in [0.717, 1.165) is 161 Å². The fourth-order valence-electron chi connectivity index (χ4n) is 10.2. The Bertz CT molecular complexity index is 2030. The van der Waals surface area contributed by atoms with Crippen molar-refractivity contribution in [3.8, 4) is 0 Å². The van der Waals surface area contributed by atoms with Crippen molar-refractivity contribution in [2.45, 2.75) is 354 Å². The highest BCUT2D eigenvalue weighted by atomic mass is 31.2. The Hall–Kier alpha value is -3.24. The van der Waals surface area contributed by atoms with Crippen LogP contribution in [0.25, 0.3) is 0 Å². The molecule has 548 valence electrons. The SMILES string of the molecule is CCC/C=C\C/C=C\CCCCCCCC(=O)OCC(COP(=O)(O)OCC(O)COP(=O)(O)OCC(COC(=O)CCCCCCC/C=C\C/C=C\CCCCC)OC(=O)CCCCCCC/C=C\CCCCCCCC)OC(=O)CCCCCCCCCCCCC. The molecule has 0 aromatic heterocycles. The molecule has 0 aliphatic heterocycles. The molecule has 3 N–H and O–H groups in total. The molecule has 0 aromatic rings. The van der Waals surface area contributed by atoms with Crippen LogP contribution >= 0.6 is 15.6 Å². The van der Waals surface area contributed by atoms with Crippen LogP contribution < -0.4 is 0 Å². The van der Waals surface area contributed by atoms with Crippen molar-refractivity contribution in [2.24, 2.45) is 0 Å². The first-order chi connectivity index (χ1) is 45.7. The zero-order valence-corrected chi connectivity index (χ0v) is 61.4. The fourth-order valence-corrected chi connectivity index (χ4v) is 11.7. The van der Waals surface area contributed by atoms with Gasteiger partial charge in [0.05, 0.1) is 26.4 Å². The zero-order chi connectivity index (χ0) is 69.0. The second-order valence-corrected chi connectivity index (χ2v) is 28.1. The van der Waals surface area contributed by atoms with E-state index in [1.807, 2.05) is 0 Å². The predicted molar refractivity (Wildman–Crippen MR) is 381 cm³/mol. The molecule has 0 bridgehead atoms. The Morgan fingerprint density at radius 3 is 0.862 bits per heavy atom. The first-order valence-corrected chi connectivity index (χ1v) is 40.5. The number of hydrogen-bond acceptors (Lipinski definition) is 15. The number of hydrogen-bond donors (Lipinski definition) is 3. The summed E-state index contributed by atoms with van der Waals surface area (Å²) in [5, 5.41) is 10.6. The molecular formula is C75H136O17P2. The summed E-state index contributed by atoms with van der Waals surface area (Å²) in [7, 11) is -9.93. The molecule has 17 nitrogen and oxygen atoms in total. The van der Waals surface area contributed by atoms with Crippen molar-refractivity contribution in [1.29, 1.82) is 0 Å². The van der Waals surface area contributed by atoms with Crippen LogP contribution in [0.4, 0.5) is 0 Å².